The minimum atomic E-state index is -0.400. The van der Waals surface area contributed by atoms with Gasteiger partial charge in [-0.25, -0.2) is 5.43 Å². The van der Waals surface area contributed by atoms with Crippen LogP contribution in [0, 0.1) is 0 Å². The first kappa shape index (κ1) is 21.3. The number of nitrogens with one attached hydrogen (secondary N) is 1. The molecule has 152 valence electrons. The Labute approximate surface area is 181 Å². The van der Waals surface area contributed by atoms with E-state index in [0.717, 1.165) is 30.4 Å². The third-order valence-electron chi connectivity index (χ3n) is 4.49. The molecule has 0 fully saturated rings. The zero-order valence-corrected chi connectivity index (χ0v) is 17.2. The lowest BCUT2D eigenvalue weighted by Crippen LogP contribution is -2.17. The number of aryl methyl sites for hydroxylation is 1. The Kier molecular flexibility index (Phi) is 7.81. The molecule has 0 heterocycles. The number of phenols is 1. The minimum absolute atomic E-state index is 0.0679. The van der Waals surface area contributed by atoms with Crippen molar-refractivity contribution in [3.05, 3.63) is 106 Å². The van der Waals surface area contributed by atoms with E-state index in [1.54, 1.807) is 6.21 Å². The number of amides is 1. The average Bonchev–Trinajstić information content (AvgIpc) is 2.76. The smallest absolute Gasteiger partial charge is 0.271 e. The first-order chi connectivity index (χ1) is 14.6. The van der Waals surface area contributed by atoms with Crippen molar-refractivity contribution in [3.63, 3.8) is 0 Å². The molecule has 3 rings (SSSR count). The summed E-state index contributed by atoms with van der Waals surface area (Å²) in [5, 5.41) is 13.5. The number of unbranched alkanes of at least 4 members (excludes halogenated alkanes) is 1. The van der Waals surface area contributed by atoms with Crippen LogP contribution >= 0.6 is 11.6 Å². The molecule has 0 unspecified atom stereocenters. The quantitative estimate of drug-likeness (QED) is 0.274. The van der Waals surface area contributed by atoms with Crippen molar-refractivity contribution >= 4 is 29.8 Å². The van der Waals surface area contributed by atoms with Gasteiger partial charge in [-0.3, -0.25) is 4.79 Å². The van der Waals surface area contributed by atoms with Gasteiger partial charge in [-0.15, -0.1) is 0 Å². The van der Waals surface area contributed by atoms with E-state index in [-0.39, 0.29) is 10.8 Å². The molecule has 3 aromatic carbocycles. The fraction of sp³-hybridized carbons (Fsp3) is 0.120. The molecule has 0 atom stereocenters. The van der Waals surface area contributed by atoms with Gasteiger partial charge in [0.05, 0.1) is 11.2 Å². The molecule has 0 aliphatic rings. The number of rotatable bonds is 8. The Morgan fingerprint density at radius 1 is 1.00 bits per heavy atom. The summed E-state index contributed by atoms with van der Waals surface area (Å²) in [4.78, 5) is 12.1. The molecular weight excluding hydrogens is 396 g/mol. The van der Waals surface area contributed by atoms with Gasteiger partial charge in [-0.2, -0.15) is 5.10 Å². The molecule has 0 radical (unpaired) electrons. The Hall–Kier alpha value is -3.37. The van der Waals surface area contributed by atoms with Gasteiger partial charge in [0, 0.05) is 5.56 Å². The Bertz CT molecular complexity index is 1050. The van der Waals surface area contributed by atoms with Crippen LogP contribution in [0.1, 0.15) is 39.9 Å². The summed E-state index contributed by atoms with van der Waals surface area (Å²) in [5.41, 5.74) is 6.10. The number of carbonyl (C=O) groups excluding carboxylic acids is 1. The molecule has 1 amide bonds. The molecule has 0 bridgehead atoms. The van der Waals surface area contributed by atoms with Crippen LogP contribution in [0.15, 0.2) is 84.0 Å². The van der Waals surface area contributed by atoms with Gasteiger partial charge in [-0.05, 0) is 60.2 Å². The van der Waals surface area contributed by atoms with Crippen LogP contribution in [-0.4, -0.2) is 17.2 Å². The topological polar surface area (TPSA) is 61.7 Å². The van der Waals surface area contributed by atoms with Crippen LogP contribution in [0.2, 0.25) is 5.02 Å². The zero-order valence-electron chi connectivity index (χ0n) is 16.5. The molecule has 0 aliphatic carbocycles. The Balaban J connectivity index is 1.49. The van der Waals surface area contributed by atoms with Gasteiger partial charge in [0.1, 0.15) is 5.75 Å². The second-order valence-corrected chi connectivity index (χ2v) is 7.22. The molecule has 0 spiro atoms. The highest BCUT2D eigenvalue weighted by atomic mass is 35.5. The summed E-state index contributed by atoms with van der Waals surface area (Å²) in [7, 11) is 0. The summed E-state index contributed by atoms with van der Waals surface area (Å²) in [6.45, 7) is 0. The number of hydrogen-bond donors (Lipinski definition) is 2. The van der Waals surface area contributed by atoms with Crippen molar-refractivity contribution in [2.45, 2.75) is 19.3 Å². The number of benzene rings is 3. The molecule has 2 N–H and O–H groups in total. The molecule has 0 saturated carbocycles. The van der Waals surface area contributed by atoms with Gasteiger partial charge in [0.25, 0.3) is 5.91 Å². The number of carbonyl (C=O) groups is 1. The molecule has 4 nitrogen and oxygen atoms in total. The number of hydrogen-bond acceptors (Lipinski definition) is 3. The third-order valence-corrected chi connectivity index (χ3v) is 4.79. The normalized spacial score (nSPS) is 11.2. The van der Waals surface area contributed by atoms with E-state index in [0.29, 0.717) is 5.56 Å². The molecule has 0 aliphatic heterocycles. The van der Waals surface area contributed by atoms with Gasteiger partial charge >= 0.3 is 0 Å². The number of nitrogens with zero attached hydrogens (tertiary/aromatic N) is 1. The molecule has 30 heavy (non-hydrogen) atoms. The van der Waals surface area contributed by atoms with Crippen molar-refractivity contribution in [2.24, 2.45) is 5.10 Å². The van der Waals surface area contributed by atoms with Gasteiger partial charge in [-0.1, -0.05) is 72.3 Å². The lowest BCUT2D eigenvalue weighted by molar-refractivity contribution is 0.0955. The van der Waals surface area contributed by atoms with E-state index in [9.17, 15) is 9.90 Å². The van der Waals surface area contributed by atoms with E-state index < -0.39 is 5.91 Å². The Morgan fingerprint density at radius 2 is 1.80 bits per heavy atom. The molecule has 0 saturated heterocycles. The van der Waals surface area contributed by atoms with E-state index in [2.05, 4.69) is 46.9 Å². The monoisotopic (exact) mass is 418 g/mol. The van der Waals surface area contributed by atoms with Crippen molar-refractivity contribution in [1.82, 2.24) is 5.43 Å². The molecule has 5 heteroatoms. The van der Waals surface area contributed by atoms with Crippen LogP contribution in [0.4, 0.5) is 0 Å². The van der Waals surface area contributed by atoms with Crippen LogP contribution in [0.3, 0.4) is 0 Å². The van der Waals surface area contributed by atoms with Crippen molar-refractivity contribution in [1.29, 1.82) is 0 Å². The zero-order chi connectivity index (χ0) is 21.2. The maximum atomic E-state index is 12.1. The highest BCUT2D eigenvalue weighted by Gasteiger charge is 2.07. The molecule has 0 aromatic heterocycles. The van der Waals surface area contributed by atoms with Gasteiger partial charge in [0.2, 0.25) is 0 Å². The number of allylic oxidation sites excluding steroid dienone is 1. The SMILES string of the molecule is O=C(NN=Cc1cccc(C=CCCCc2ccccc2)c1)c1ccc(O)c(Cl)c1. The summed E-state index contributed by atoms with van der Waals surface area (Å²) in [6, 6.07) is 22.6. The van der Waals surface area contributed by atoms with E-state index in [1.165, 1.54) is 23.8 Å². The van der Waals surface area contributed by atoms with E-state index >= 15 is 0 Å². The number of aromatic hydroxyl groups is 1. The van der Waals surface area contributed by atoms with Crippen LogP contribution < -0.4 is 5.43 Å². The summed E-state index contributed by atoms with van der Waals surface area (Å²) >= 11 is 5.82. The maximum Gasteiger partial charge on any atom is 0.271 e. The van der Waals surface area contributed by atoms with Crippen LogP contribution in [-0.2, 0) is 6.42 Å². The number of phenolic OH excluding ortho intramolecular Hbond substituents is 1. The second kappa shape index (κ2) is 11.0. The van der Waals surface area contributed by atoms with Gasteiger partial charge < -0.3 is 5.11 Å². The van der Waals surface area contributed by atoms with Crippen LogP contribution in [0.5, 0.6) is 5.75 Å². The summed E-state index contributed by atoms with van der Waals surface area (Å²) in [5.74, 6) is -0.468. The number of halogens is 1. The lowest BCUT2D eigenvalue weighted by Gasteiger charge is -2.02. The fourth-order valence-corrected chi connectivity index (χ4v) is 3.09. The highest BCUT2D eigenvalue weighted by Crippen LogP contribution is 2.23. The van der Waals surface area contributed by atoms with Crippen molar-refractivity contribution < 1.29 is 9.90 Å². The largest absolute Gasteiger partial charge is 0.506 e. The summed E-state index contributed by atoms with van der Waals surface area (Å²) in [6.07, 6.45) is 9.05. The minimum Gasteiger partial charge on any atom is -0.506 e. The number of hydrazone groups is 1. The Morgan fingerprint density at radius 3 is 2.60 bits per heavy atom. The standard InChI is InChI=1S/C25H23ClN2O2/c26-23-17-22(14-15-24(23)29)25(30)28-27-18-21-13-7-12-20(16-21)11-6-2-5-10-19-8-3-1-4-9-19/h1,3-4,6-9,11-18,29H,2,5,10H2,(H,28,30). The summed E-state index contributed by atoms with van der Waals surface area (Å²) < 4.78 is 0. The molecule has 3 aromatic rings. The van der Waals surface area contributed by atoms with Crippen molar-refractivity contribution in [3.8, 4) is 5.75 Å². The third kappa shape index (κ3) is 6.61. The van der Waals surface area contributed by atoms with Crippen LogP contribution in [0.25, 0.3) is 6.08 Å². The first-order valence-corrected chi connectivity index (χ1v) is 10.1. The predicted molar refractivity (Wildman–Crippen MR) is 123 cm³/mol. The molecular formula is C25H23ClN2O2. The lowest BCUT2D eigenvalue weighted by atomic mass is 10.1. The van der Waals surface area contributed by atoms with Gasteiger partial charge in [0.15, 0.2) is 0 Å². The highest BCUT2D eigenvalue weighted by molar-refractivity contribution is 6.32. The second-order valence-electron chi connectivity index (χ2n) is 6.82. The predicted octanol–water partition coefficient (Wildman–Crippen LogP) is 5.85. The van der Waals surface area contributed by atoms with E-state index in [1.807, 2.05) is 30.3 Å². The fourth-order valence-electron chi connectivity index (χ4n) is 2.91. The average molecular weight is 419 g/mol. The van der Waals surface area contributed by atoms with E-state index in [4.69, 9.17) is 11.6 Å². The van der Waals surface area contributed by atoms with Crippen molar-refractivity contribution in [2.75, 3.05) is 0 Å². The first-order valence-electron chi connectivity index (χ1n) is 9.74. The maximum absolute atomic E-state index is 12.1.